The van der Waals surface area contributed by atoms with E-state index in [2.05, 4.69) is 34.9 Å². The van der Waals surface area contributed by atoms with Gasteiger partial charge in [0.25, 0.3) is 0 Å². The second-order valence-electron chi connectivity index (χ2n) is 9.33. The van der Waals surface area contributed by atoms with E-state index in [1.807, 2.05) is 24.3 Å². The van der Waals surface area contributed by atoms with Crippen molar-refractivity contribution < 1.29 is 24.2 Å². The van der Waals surface area contributed by atoms with Crippen LogP contribution in [0.1, 0.15) is 49.1 Å². The number of carbonyl (C=O) groups is 3. The quantitative estimate of drug-likeness (QED) is 0.625. The number of carboxylic acid groups (broad SMARTS) is 1. The summed E-state index contributed by atoms with van der Waals surface area (Å²) in [5.74, 6) is -1.60. The van der Waals surface area contributed by atoms with Gasteiger partial charge >= 0.3 is 12.1 Å². The average molecular weight is 449 g/mol. The monoisotopic (exact) mass is 448 g/mol. The molecule has 2 fully saturated rings. The number of nitrogens with one attached hydrogen (secondary N) is 2. The van der Waals surface area contributed by atoms with Gasteiger partial charge in [-0.1, -0.05) is 55.0 Å². The van der Waals surface area contributed by atoms with Crippen LogP contribution in [0.2, 0.25) is 0 Å². The minimum Gasteiger partial charge on any atom is -0.481 e. The Labute approximate surface area is 192 Å². The zero-order valence-corrected chi connectivity index (χ0v) is 18.3. The van der Waals surface area contributed by atoms with Crippen LogP contribution in [-0.4, -0.2) is 41.8 Å². The molecular weight excluding hydrogens is 420 g/mol. The number of aliphatic carboxylic acids is 1. The Morgan fingerprint density at radius 2 is 1.55 bits per heavy atom. The summed E-state index contributed by atoms with van der Waals surface area (Å²) in [6, 6.07) is 16.0. The van der Waals surface area contributed by atoms with Crippen molar-refractivity contribution in [3.8, 4) is 11.1 Å². The number of fused-ring (bicyclic) bond motifs is 3. The summed E-state index contributed by atoms with van der Waals surface area (Å²) in [6.07, 6.45) is 2.72. The molecule has 2 saturated carbocycles. The lowest BCUT2D eigenvalue weighted by Crippen LogP contribution is -2.51. The topological polar surface area (TPSA) is 105 Å². The van der Waals surface area contributed by atoms with E-state index in [4.69, 9.17) is 9.84 Å². The van der Waals surface area contributed by atoms with E-state index in [1.165, 1.54) is 11.1 Å². The van der Waals surface area contributed by atoms with Crippen LogP contribution in [0.25, 0.3) is 11.1 Å². The molecule has 0 spiro atoms. The van der Waals surface area contributed by atoms with Crippen molar-refractivity contribution in [1.82, 2.24) is 10.6 Å². The number of hydrogen-bond donors (Lipinski definition) is 3. The van der Waals surface area contributed by atoms with Gasteiger partial charge in [-0.2, -0.15) is 0 Å². The van der Waals surface area contributed by atoms with Crippen LogP contribution in [0.4, 0.5) is 4.79 Å². The molecule has 2 aromatic carbocycles. The molecule has 172 valence electrons. The van der Waals surface area contributed by atoms with Gasteiger partial charge in [0.05, 0.1) is 11.8 Å². The fraction of sp³-hybridized carbons (Fsp3) is 0.423. The number of carboxylic acids is 1. The van der Waals surface area contributed by atoms with E-state index in [-0.39, 0.29) is 42.4 Å². The van der Waals surface area contributed by atoms with Crippen LogP contribution in [0, 0.1) is 11.8 Å². The molecule has 0 unspecified atom stereocenters. The molecule has 0 heterocycles. The van der Waals surface area contributed by atoms with Crippen molar-refractivity contribution in [3.63, 3.8) is 0 Å². The van der Waals surface area contributed by atoms with E-state index >= 15 is 0 Å². The molecule has 3 aliphatic carbocycles. The molecule has 0 bridgehead atoms. The van der Waals surface area contributed by atoms with Crippen molar-refractivity contribution in [2.24, 2.45) is 11.8 Å². The van der Waals surface area contributed by atoms with Crippen molar-refractivity contribution >= 4 is 18.0 Å². The molecule has 2 amide bonds. The van der Waals surface area contributed by atoms with Gasteiger partial charge in [-0.3, -0.25) is 9.59 Å². The molecule has 0 aliphatic heterocycles. The van der Waals surface area contributed by atoms with Gasteiger partial charge in [0, 0.05) is 18.0 Å². The lowest BCUT2D eigenvalue weighted by molar-refractivity contribution is -0.146. The smallest absolute Gasteiger partial charge is 0.407 e. The summed E-state index contributed by atoms with van der Waals surface area (Å²) in [6.45, 7) is 0.238. The molecule has 2 aromatic rings. The first kappa shape index (κ1) is 21.5. The van der Waals surface area contributed by atoms with Gasteiger partial charge in [-0.05, 0) is 47.9 Å². The number of rotatable bonds is 6. The third-order valence-electron chi connectivity index (χ3n) is 7.33. The van der Waals surface area contributed by atoms with Crippen LogP contribution >= 0.6 is 0 Å². The highest BCUT2D eigenvalue weighted by atomic mass is 16.5. The van der Waals surface area contributed by atoms with Gasteiger partial charge in [0.2, 0.25) is 5.91 Å². The molecule has 0 aromatic heterocycles. The highest BCUT2D eigenvalue weighted by Crippen LogP contribution is 2.44. The van der Waals surface area contributed by atoms with Crippen LogP contribution in [0.3, 0.4) is 0 Å². The normalized spacial score (nSPS) is 25.5. The van der Waals surface area contributed by atoms with Crippen molar-refractivity contribution in [1.29, 1.82) is 0 Å². The summed E-state index contributed by atoms with van der Waals surface area (Å²) >= 11 is 0. The zero-order valence-electron chi connectivity index (χ0n) is 18.3. The first-order valence-electron chi connectivity index (χ1n) is 11.7. The van der Waals surface area contributed by atoms with Crippen LogP contribution in [0.15, 0.2) is 48.5 Å². The number of hydrogen-bond acceptors (Lipinski definition) is 4. The van der Waals surface area contributed by atoms with Crippen LogP contribution in [0.5, 0.6) is 0 Å². The van der Waals surface area contributed by atoms with Crippen molar-refractivity contribution in [2.45, 2.75) is 50.1 Å². The molecule has 5 rings (SSSR count). The Bertz CT molecular complexity index is 1030. The van der Waals surface area contributed by atoms with Gasteiger partial charge in [-0.25, -0.2) is 4.79 Å². The predicted molar refractivity (Wildman–Crippen MR) is 122 cm³/mol. The number of benzene rings is 2. The van der Waals surface area contributed by atoms with Crippen molar-refractivity contribution in [2.75, 3.05) is 6.61 Å². The van der Waals surface area contributed by atoms with E-state index < -0.39 is 12.1 Å². The molecule has 33 heavy (non-hydrogen) atoms. The summed E-state index contributed by atoms with van der Waals surface area (Å²) in [5.41, 5.74) is 4.67. The Morgan fingerprint density at radius 1 is 0.909 bits per heavy atom. The molecule has 2 atom stereocenters. The number of ether oxygens (including phenoxy) is 1. The Morgan fingerprint density at radius 3 is 2.18 bits per heavy atom. The second-order valence-corrected chi connectivity index (χ2v) is 9.33. The Kier molecular flexibility index (Phi) is 5.79. The van der Waals surface area contributed by atoms with Crippen LogP contribution in [-0.2, 0) is 14.3 Å². The summed E-state index contributed by atoms with van der Waals surface area (Å²) in [5, 5.41) is 14.9. The molecular formula is C26H28N2O5. The number of alkyl carbamates (subject to hydrolysis) is 1. The molecule has 0 radical (unpaired) electrons. The largest absolute Gasteiger partial charge is 0.481 e. The van der Waals surface area contributed by atoms with Gasteiger partial charge in [-0.15, -0.1) is 0 Å². The maximum atomic E-state index is 12.7. The van der Waals surface area contributed by atoms with Gasteiger partial charge in [0.1, 0.15) is 6.61 Å². The highest BCUT2D eigenvalue weighted by Gasteiger charge is 2.39. The zero-order chi connectivity index (χ0) is 22.9. The fourth-order valence-electron chi connectivity index (χ4n) is 5.48. The van der Waals surface area contributed by atoms with E-state index in [9.17, 15) is 14.4 Å². The molecule has 7 heteroatoms. The maximum absolute atomic E-state index is 12.7. The standard InChI is InChI=1S/C26H28N2O5/c29-24(27-16-12-15(13-16)25(30)31)21-10-5-11-23(21)28-26(32)33-14-22-19-8-3-1-6-17(19)18-7-2-4-9-20(18)22/h1-4,6-9,15-16,21-23H,5,10-14H2,(H,27,29)(H,28,32)(H,30,31)/t15?,16?,21-,23+/m0/s1. The number of carbonyl (C=O) groups excluding carboxylic acids is 2. The highest BCUT2D eigenvalue weighted by molar-refractivity contribution is 5.82. The third-order valence-corrected chi connectivity index (χ3v) is 7.33. The summed E-state index contributed by atoms with van der Waals surface area (Å²) in [4.78, 5) is 36.3. The molecule has 3 N–H and O–H groups in total. The minimum atomic E-state index is -0.809. The Hall–Kier alpha value is -3.35. The van der Waals surface area contributed by atoms with E-state index in [1.54, 1.807) is 0 Å². The van der Waals surface area contributed by atoms with Crippen molar-refractivity contribution in [3.05, 3.63) is 59.7 Å². The van der Waals surface area contributed by atoms with E-state index in [0.29, 0.717) is 19.3 Å². The van der Waals surface area contributed by atoms with Gasteiger partial charge < -0.3 is 20.5 Å². The fourth-order valence-corrected chi connectivity index (χ4v) is 5.48. The van der Waals surface area contributed by atoms with E-state index in [0.717, 1.165) is 24.0 Å². The minimum absolute atomic E-state index is 0.00776. The second kappa shape index (κ2) is 8.89. The molecule has 3 aliphatic rings. The molecule has 7 nitrogen and oxygen atoms in total. The first-order chi connectivity index (χ1) is 16.0. The summed E-state index contributed by atoms with van der Waals surface area (Å²) < 4.78 is 5.64. The SMILES string of the molecule is O=C(N[C@@H]1CCC[C@@H]1C(=O)NC1CC(C(=O)O)C1)OCC1c2ccccc2-c2ccccc21. The lowest BCUT2D eigenvalue weighted by Gasteiger charge is -2.34. The average Bonchev–Trinajstić information content (AvgIpc) is 3.36. The third kappa shape index (κ3) is 4.19. The van der Waals surface area contributed by atoms with Crippen LogP contribution < -0.4 is 10.6 Å². The molecule has 0 saturated heterocycles. The Balaban J connectivity index is 1.16. The first-order valence-corrected chi connectivity index (χ1v) is 11.7. The maximum Gasteiger partial charge on any atom is 0.407 e. The number of amides is 2. The predicted octanol–water partition coefficient (Wildman–Crippen LogP) is 3.67. The summed E-state index contributed by atoms with van der Waals surface area (Å²) in [7, 11) is 0. The lowest BCUT2D eigenvalue weighted by atomic mass is 9.80. The van der Waals surface area contributed by atoms with Gasteiger partial charge in [0.15, 0.2) is 0 Å².